The van der Waals surface area contributed by atoms with Gasteiger partial charge in [-0.1, -0.05) is 18.2 Å². The largest absolute Gasteiger partial charge is 0.342 e. The molecular weight excluding hydrogens is 270 g/mol. The minimum atomic E-state index is -1.11. The van der Waals surface area contributed by atoms with Crippen LogP contribution in [0.25, 0.3) is 0 Å². The Morgan fingerprint density at radius 1 is 1.20 bits per heavy atom. The maximum atomic E-state index is 12.1. The maximum absolute atomic E-state index is 12.1. The molecule has 1 aliphatic carbocycles. The molecule has 3 nitrogen and oxygen atoms in total. The first-order chi connectivity index (χ1) is 9.63. The van der Waals surface area contributed by atoms with Gasteiger partial charge in [-0.2, -0.15) is 0 Å². The topological polar surface area (TPSA) is 37.4 Å². The minimum absolute atomic E-state index is 0.00510. The summed E-state index contributed by atoms with van der Waals surface area (Å²) in [6.45, 7) is 5.27. The molecule has 0 N–H and O–H groups in total. The number of aryl methyl sites for hydroxylation is 2. The van der Waals surface area contributed by atoms with Gasteiger partial charge in [-0.25, -0.2) is 0 Å². The lowest BCUT2D eigenvalue weighted by atomic mass is 10.1. The summed E-state index contributed by atoms with van der Waals surface area (Å²) in [5.74, 6) is 0.619. The smallest absolute Gasteiger partial charge is 0.235 e. The molecular formula is C16H23NO2S. The van der Waals surface area contributed by atoms with Crippen LogP contribution in [0.1, 0.15) is 37.0 Å². The molecule has 0 aliphatic heterocycles. The van der Waals surface area contributed by atoms with Gasteiger partial charge in [0.05, 0.1) is 0 Å². The van der Waals surface area contributed by atoms with Crippen molar-refractivity contribution in [1.29, 1.82) is 0 Å². The molecule has 0 saturated carbocycles. The Hall–Kier alpha value is -1.16. The minimum Gasteiger partial charge on any atom is -0.342 e. The van der Waals surface area contributed by atoms with Crippen molar-refractivity contribution in [3.8, 4) is 0 Å². The molecule has 1 aromatic carbocycles. The fraction of sp³-hybridized carbons (Fsp3) is 0.562. The second-order valence-corrected chi connectivity index (χ2v) is 6.71. The molecule has 1 amide bonds. The Kier molecular flexibility index (Phi) is 5.35. The lowest BCUT2D eigenvalue weighted by Gasteiger charge is -2.18. The van der Waals surface area contributed by atoms with E-state index >= 15 is 0 Å². The summed E-state index contributed by atoms with van der Waals surface area (Å²) >= 11 is 0. The molecule has 0 fully saturated rings. The van der Waals surface area contributed by atoms with Crippen LogP contribution in [0.3, 0.4) is 0 Å². The Bertz CT molecular complexity index is 509. The van der Waals surface area contributed by atoms with E-state index < -0.39 is 10.8 Å². The first-order valence-corrected chi connectivity index (χ1v) is 8.86. The first kappa shape index (κ1) is 15.2. The maximum Gasteiger partial charge on any atom is 0.235 e. The van der Waals surface area contributed by atoms with Gasteiger partial charge in [0.15, 0.2) is 0 Å². The number of fused-ring (bicyclic) bond motifs is 1. The second-order valence-electron chi connectivity index (χ2n) is 5.25. The molecule has 0 bridgehead atoms. The van der Waals surface area contributed by atoms with Crippen molar-refractivity contribution >= 4 is 16.7 Å². The lowest BCUT2D eigenvalue weighted by molar-refractivity contribution is -0.128. The molecule has 1 aromatic rings. The van der Waals surface area contributed by atoms with E-state index in [2.05, 4.69) is 18.2 Å². The van der Waals surface area contributed by atoms with Crippen LogP contribution in [0.4, 0.5) is 0 Å². The first-order valence-electron chi connectivity index (χ1n) is 7.37. The van der Waals surface area contributed by atoms with Crippen LogP contribution in [0.2, 0.25) is 0 Å². The second kappa shape index (κ2) is 7.02. The molecule has 0 radical (unpaired) electrons. The van der Waals surface area contributed by atoms with Crippen LogP contribution >= 0.6 is 0 Å². The van der Waals surface area contributed by atoms with Crippen molar-refractivity contribution in [2.24, 2.45) is 0 Å². The summed E-state index contributed by atoms with van der Waals surface area (Å²) in [4.78, 5) is 13.7. The molecule has 110 valence electrons. The normalized spacial score (nSPS) is 14.9. The predicted molar refractivity (Wildman–Crippen MR) is 83.1 cm³/mol. The van der Waals surface area contributed by atoms with Crippen LogP contribution in [-0.2, 0) is 34.2 Å². The highest BCUT2D eigenvalue weighted by Gasteiger charge is 2.15. The van der Waals surface area contributed by atoms with E-state index in [4.69, 9.17) is 0 Å². The predicted octanol–water partition coefficient (Wildman–Crippen LogP) is 2.29. The van der Waals surface area contributed by atoms with Gasteiger partial charge in [-0.05, 0) is 49.8 Å². The van der Waals surface area contributed by atoms with Crippen LogP contribution in [0, 0.1) is 0 Å². The molecule has 4 heteroatoms. The average Bonchev–Trinajstić information content (AvgIpc) is 2.87. The van der Waals surface area contributed by atoms with E-state index in [0.29, 0.717) is 18.8 Å². The van der Waals surface area contributed by atoms with Gasteiger partial charge in [0.1, 0.15) is 5.75 Å². The Morgan fingerprint density at radius 3 is 2.60 bits per heavy atom. The molecule has 0 saturated heterocycles. The Labute approximate surface area is 123 Å². The number of benzene rings is 1. The zero-order valence-corrected chi connectivity index (χ0v) is 13.2. The molecule has 20 heavy (non-hydrogen) atoms. The number of carbonyl (C=O) groups excluding carboxylic acids is 1. The van der Waals surface area contributed by atoms with Crippen LogP contribution < -0.4 is 0 Å². The van der Waals surface area contributed by atoms with Crippen molar-refractivity contribution in [1.82, 2.24) is 4.90 Å². The van der Waals surface area contributed by atoms with Gasteiger partial charge in [0.25, 0.3) is 0 Å². The molecule has 1 aliphatic rings. The third kappa shape index (κ3) is 3.69. The number of rotatable bonds is 6. The summed E-state index contributed by atoms with van der Waals surface area (Å²) in [7, 11) is -1.11. The van der Waals surface area contributed by atoms with E-state index in [1.54, 1.807) is 4.90 Å². The van der Waals surface area contributed by atoms with E-state index in [1.165, 1.54) is 24.0 Å². The highest BCUT2D eigenvalue weighted by atomic mass is 32.2. The van der Waals surface area contributed by atoms with Gasteiger partial charge in [-0.15, -0.1) is 0 Å². The van der Waals surface area contributed by atoms with E-state index in [9.17, 15) is 9.00 Å². The highest BCUT2D eigenvalue weighted by molar-refractivity contribution is 7.84. The summed E-state index contributed by atoms with van der Waals surface area (Å²) in [6, 6.07) is 6.38. The van der Waals surface area contributed by atoms with Crippen molar-refractivity contribution < 1.29 is 9.00 Å². The Morgan fingerprint density at radius 2 is 1.90 bits per heavy atom. The third-order valence-corrected chi connectivity index (χ3v) is 5.12. The number of nitrogens with zero attached hydrogens (tertiary/aromatic N) is 1. The lowest BCUT2D eigenvalue weighted by Crippen LogP contribution is -2.34. The number of carbonyl (C=O) groups is 1. The molecule has 0 heterocycles. The van der Waals surface area contributed by atoms with Crippen molar-refractivity contribution in [2.75, 3.05) is 18.8 Å². The standard InChI is InChI=1S/C16H23NO2S/c1-3-17(4-2)16(18)12-20(19)11-13-8-9-14-6-5-7-15(14)10-13/h8-10H,3-7,11-12H2,1-2H3. The molecule has 2 rings (SSSR count). The number of hydrogen-bond acceptors (Lipinski definition) is 2. The van der Waals surface area contributed by atoms with Crippen LogP contribution in [0.5, 0.6) is 0 Å². The monoisotopic (exact) mass is 293 g/mol. The van der Waals surface area contributed by atoms with Gasteiger partial charge in [-0.3, -0.25) is 9.00 Å². The van der Waals surface area contributed by atoms with Crippen molar-refractivity contribution in [2.45, 2.75) is 38.9 Å². The average molecular weight is 293 g/mol. The highest BCUT2D eigenvalue weighted by Crippen LogP contribution is 2.23. The quantitative estimate of drug-likeness (QED) is 0.807. The van der Waals surface area contributed by atoms with Gasteiger partial charge < -0.3 is 4.90 Å². The van der Waals surface area contributed by atoms with E-state index in [0.717, 1.165) is 12.0 Å². The van der Waals surface area contributed by atoms with Crippen molar-refractivity contribution in [3.05, 3.63) is 34.9 Å². The third-order valence-electron chi connectivity index (χ3n) is 3.89. The zero-order valence-electron chi connectivity index (χ0n) is 12.4. The summed E-state index contributed by atoms with van der Waals surface area (Å²) in [6.07, 6.45) is 3.52. The molecule has 1 unspecified atom stereocenters. The Balaban J connectivity index is 1.93. The van der Waals surface area contributed by atoms with Gasteiger partial charge in [0, 0.05) is 29.6 Å². The van der Waals surface area contributed by atoms with Crippen LogP contribution in [-0.4, -0.2) is 33.9 Å². The summed E-state index contributed by atoms with van der Waals surface area (Å²) in [5, 5.41) is 0. The SMILES string of the molecule is CCN(CC)C(=O)CS(=O)Cc1ccc2c(c1)CCC2. The number of hydrogen-bond donors (Lipinski definition) is 0. The molecule has 1 atom stereocenters. The fourth-order valence-electron chi connectivity index (χ4n) is 2.76. The zero-order chi connectivity index (χ0) is 14.5. The van der Waals surface area contributed by atoms with E-state index in [-0.39, 0.29) is 11.7 Å². The fourth-order valence-corrected chi connectivity index (χ4v) is 3.87. The van der Waals surface area contributed by atoms with Gasteiger partial charge in [0.2, 0.25) is 5.91 Å². The molecule has 0 spiro atoms. The van der Waals surface area contributed by atoms with Crippen molar-refractivity contribution in [3.63, 3.8) is 0 Å². The van der Waals surface area contributed by atoms with Gasteiger partial charge >= 0.3 is 0 Å². The summed E-state index contributed by atoms with van der Waals surface area (Å²) in [5.41, 5.74) is 3.92. The van der Waals surface area contributed by atoms with Crippen LogP contribution in [0.15, 0.2) is 18.2 Å². The number of amides is 1. The molecule has 0 aromatic heterocycles. The summed E-state index contributed by atoms with van der Waals surface area (Å²) < 4.78 is 12.1. The van der Waals surface area contributed by atoms with E-state index in [1.807, 2.05) is 13.8 Å².